The number of ether oxygens (including phenoxy) is 1. The first-order valence-corrected chi connectivity index (χ1v) is 7.70. The van der Waals surface area contributed by atoms with E-state index in [9.17, 15) is 4.79 Å². The summed E-state index contributed by atoms with van der Waals surface area (Å²) < 4.78 is 10.6. The van der Waals surface area contributed by atoms with Crippen LogP contribution in [0.25, 0.3) is 0 Å². The lowest BCUT2D eigenvalue weighted by Crippen LogP contribution is -2.27. The van der Waals surface area contributed by atoms with Crippen molar-refractivity contribution < 1.29 is 14.0 Å². The zero-order valence-electron chi connectivity index (χ0n) is 8.85. The highest BCUT2D eigenvalue weighted by Crippen LogP contribution is 2.02. The second-order valence-corrected chi connectivity index (χ2v) is 8.30. The summed E-state index contributed by atoms with van der Waals surface area (Å²) in [6.07, 6.45) is 0. The molecule has 0 spiro atoms. The van der Waals surface area contributed by atoms with Gasteiger partial charge < -0.3 is 9.16 Å². The average molecular weight is 202 g/mol. The van der Waals surface area contributed by atoms with Crippen LogP contribution in [0.1, 0.15) is 6.92 Å². The van der Waals surface area contributed by atoms with Crippen molar-refractivity contribution in [3.05, 3.63) is 12.3 Å². The third-order valence-corrected chi connectivity index (χ3v) is 2.36. The van der Waals surface area contributed by atoms with Gasteiger partial charge in [-0.25, -0.2) is 0 Å². The maximum Gasteiger partial charge on any atom is 0.193 e. The Kier molecular flexibility index (Phi) is 4.94. The standard InChI is InChI=1S/C9H18O3Si/c1-8(10)9(2)11-6-7-12-13(3,4)5/h2,6-7H2,1,3-5H3. The summed E-state index contributed by atoms with van der Waals surface area (Å²) in [4.78, 5) is 10.7. The number of carbonyl (C=O) groups is 1. The summed E-state index contributed by atoms with van der Waals surface area (Å²) in [5, 5.41) is 0. The van der Waals surface area contributed by atoms with Gasteiger partial charge in [0.05, 0.1) is 6.61 Å². The Balaban J connectivity index is 3.47. The van der Waals surface area contributed by atoms with Crippen molar-refractivity contribution in [3.8, 4) is 0 Å². The zero-order chi connectivity index (χ0) is 10.5. The first-order valence-electron chi connectivity index (χ1n) is 4.29. The van der Waals surface area contributed by atoms with Crippen molar-refractivity contribution in [2.24, 2.45) is 0 Å². The molecule has 4 heteroatoms. The van der Waals surface area contributed by atoms with E-state index in [4.69, 9.17) is 9.16 Å². The van der Waals surface area contributed by atoms with Gasteiger partial charge in [-0.2, -0.15) is 0 Å². The predicted octanol–water partition coefficient (Wildman–Crippen LogP) is 1.96. The van der Waals surface area contributed by atoms with E-state index in [-0.39, 0.29) is 11.5 Å². The molecular formula is C9H18O3Si. The molecular weight excluding hydrogens is 184 g/mol. The van der Waals surface area contributed by atoms with Gasteiger partial charge >= 0.3 is 0 Å². The van der Waals surface area contributed by atoms with E-state index in [1.54, 1.807) is 0 Å². The van der Waals surface area contributed by atoms with E-state index in [2.05, 4.69) is 26.2 Å². The Morgan fingerprint density at radius 1 is 1.31 bits per heavy atom. The highest BCUT2D eigenvalue weighted by molar-refractivity contribution is 6.69. The van der Waals surface area contributed by atoms with Crippen molar-refractivity contribution in [2.75, 3.05) is 13.2 Å². The van der Waals surface area contributed by atoms with E-state index < -0.39 is 8.32 Å². The van der Waals surface area contributed by atoms with Gasteiger partial charge in [-0.05, 0) is 19.6 Å². The van der Waals surface area contributed by atoms with Gasteiger partial charge in [-0.15, -0.1) is 0 Å². The van der Waals surface area contributed by atoms with Gasteiger partial charge in [-0.1, -0.05) is 6.58 Å². The molecule has 0 aromatic rings. The van der Waals surface area contributed by atoms with Gasteiger partial charge in [0, 0.05) is 6.92 Å². The van der Waals surface area contributed by atoms with Crippen LogP contribution in [0.3, 0.4) is 0 Å². The molecule has 13 heavy (non-hydrogen) atoms. The predicted molar refractivity (Wildman–Crippen MR) is 55.1 cm³/mol. The second-order valence-electron chi connectivity index (χ2n) is 3.79. The molecule has 0 unspecified atom stereocenters. The molecule has 0 bridgehead atoms. The summed E-state index contributed by atoms with van der Waals surface area (Å²) in [7, 11) is -1.45. The van der Waals surface area contributed by atoms with E-state index in [0.29, 0.717) is 13.2 Å². The molecule has 0 aliphatic heterocycles. The Hall–Kier alpha value is -0.613. The fourth-order valence-corrected chi connectivity index (χ4v) is 1.31. The third-order valence-electron chi connectivity index (χ3n) is 1.29. The fourth-order valence-electron chi connectivity index (χ4n) is 0.614. The van der Waals surface area contributed by atoms with Crippen LogP contribution in [0.4, 0.5) is 0 Å². The minimum atomic E-state index is -1.45. The van der Waals surface area contributed by atoms with Gasteiger partial charge in [-0.3, -0.25) is 4.79 Å². The van der Waals surface area contributed by atoms with E-state index in [0.717, 1.165) is 0 Å². The smallest absolute Gasteiger partial charge is 0.193 e. The monoisotopic (exact) mass is 202 g/mol. The molecule has 0 aliphatic carbocycles. The quantitative estimate of drug-likeness (QED) is 0.286. The fraction of sp³-hybridized carbons (Fsp3) is 0.667. The molecule has 0 rings (SSSR count). The van der Waals surface area contributed by atoms with E-state index in [1.165, 1.54) is 6.92 Å². The molecule has 0 radical (unpaired) electrons. The van der Waals surface area contributed by atoms with Crippen molar-refractivity contribution in [1.29, 1.82) is 0 Å². The molecule has 0 saturated carbocycles. The van der Waals surface area contributed by atoms with Crippen LogP contribution in [0, 0.1) is 0 Å². The molecule has 0 heterocycles. The lowest BCUT2D eigenvalue weighted by molar-refractivity contribution is -0.116. The Morgan fingerprint density at radius 2 is 1.85 bits per heavy atom. The van der Waals surface area contributed by atoms with Crippen LogP contribution in [-0.2, 0) is 14.0 Å². The SMILES string of the molecule is C=C(OCCO[Si](C)(C)C)C(C)=O. The Labute approximate surface area is 80.9 Å². The number of hydrogen-bond acceptors (Lipinski definition) is 3. The van der Waals surface area contributed by atoms with Crippen LogP contribution >= 0.6 is 0 Å². The summed E-state index contributed by atoms with van der Waals surface area (Å²) in [6, 6.07) is 0. The largest absolute Gasteiger partial charge is 0.488 e. The van der Waals surface area contributed by atoms with Crippen LogP contribution < -0.4 is 0 Å². The van der Waals surface area contributed by atoms with Crippen molar-refractivity contribution in [2.45, 2.75) is 26.6 Å². The number of Topliss-reactive ketones (excluding diaryl/α,β-unsaturated/α-hetero) is 1. The Morgan fingerprint density at radius 3 is 2.23 bits per heavy atom. The molecule has 0 aromatic heterocycles. The average Bonchev–Trinajstić information content (AvgIpc) is 1.95. The number of rotatable bonds is 6. The maximum absolute atomic E-state index is 10.7. The van der Waals surface area contributed by atoms with Gasteiger partial charge in [0.1, 0.15) is 6.61 Å². The maximum atomic E-state index is 10.7. The van der Waals surface area contributed by atoms with Crippen molar-refractivity contribution >= 4 is 14.1 Å². The number of ketones is 1. The lowest BCUT2D eigenvalue weighted by Gasteiger charge is -2.17. The summed E-state index contributed by atoms with van der Waals surface area (Å²) in [6.45, 7) is 12.2. The molecule has 76 valence electrons. The summed E-state index contributed by atoms with van der Waals surface area (Å²) >= 11 is 0. The first-order chi connectivity index (χ1) is 5.83. The van der Waals surface area contributed by atoms with E-state index in [1.807, 2.05) is 0 Å². The van der Waals surface area contributed by atoms with Crippen LogP contribution in [0.15, 0.2) is 12.3 Å². The summed E-state index contributed by atoms with van der Waals surface area (Å²) in [5.41, 5.74) is 0. The molecule has 3 nitrogen and oxygen atoms in total. The number of carbonyl (C=O) groups excluding carboxylic acids is 1. The molecule has 0 N–H and O–H groups in total. The van der Waals surface area contributed by atoms with Gasteiger partial charge in [0.2, 0.25) is 0 Å². The lowest BCUT2D eigenvalue weighted by atomic mass is 10.4. The van der Waals surface area contributed by atoms with Crippen LogP contribution in [0.2, 0.25) is 19.6 Å². The Bertz CT molecular complexity index is 194. The molecule has 0 aromatic carbocycles. The highest BCUT2D eigenvalue weighted by atomic mass is 28.4. The topological polar surface area (TPSA) is 35.5 Å². The van der Waals surface area contributed by atoms with E-state index >= 15 is 0 Å². The van der Waals surface area contributed by atoms with Gasteiger partial charge in [0.15, 0.2) is 19.9 Å². The zero-order valence-corrected chi connectivity index (χ0v) is 9.85. The molecule has 0 aliphatic rings. The normalized spacial score (nSPS) is 11.1. The minimum Gasteiger partial charge on any atom is -0.488 e. The van der Waals surface area contributed by atoms with Crippen molar-refractivity contribution in [1.82, 2.24) is 0 Å². The number of allylic oxidation sites excluding steroid dienone is 1. The summed E-state index contributed by atoms with van der Waals surface area (Å²) in [5.74, 6) is 0.0761. The molecule has 0 atom stereocenters. The highest BCUT2D eigenvalue weighted by Gasteiger charge is 2.13. The number of hydrogen-bond donors (Lipinski definition) is 0. The van der Waals surface area contributed by atoms with Gasteiger partial charge in [0.25, 0.3) is 0 Å². The molecule has 0 saturated heterocycles. The molecule has 0 fully saturated rings. The van der Waals surface area contributed by atoms with Crippen molar-refractivity contribution in [3.63, 3.8) is 0 Å². The third kappa shape index (κ3) is 7.74. The second kappa shape index (κ2) is 5.19. The van der Waals surface area contributed by atoms with Crippen LogP contribution in [0.5, 0.6) is 0 Å². The molecule has 0 amide bonds. The van der Waals surface area contributed by atoms with Crippen LogP contribution in [-0.4, -0.2) is 27.3 Å². The first kappa shape index (κ1) is 12.4. The minimum absolute atomic E-state index is 0.131.